The number of aryl methyl sites for hydroxylation is 1. The lowest BCUT2D eigenvalue weighted by Gasteiger charge is -2.28. The molecule has 1 aliphatic rings. The van der Waals surface area contributed by atoms with E-state index in [1.165, 1.54) is 11.6 Å². The largest absolute Gasteiger partial charge is 0.326 e. The van der Waals surface area contributed by atoms with Gasteiger partial charge < -0.3 is 4.57 Å². The maximum atomic E-state index is 13.5. The van der Waals surface area contributed by atoms with Crippen molar-refractivity contribution in [1.29, 1.82) is 0 Å². The summed E-state index contributed by atoms with van der Waals surface area (Å²) in [4.78, 5) is 6.89. The standard InChI is InChI=1S/C17H18FN5/c1-21-10-13(8-20-21)11-22-5-6-23-16(9-19-17(23)12-22)14-3-2-4-15(18)7-14/h2-4,7-10H,5-6,11-12H2,1H3. The molecule has 0 N–H and O–H groups in total. The lowest BCUT2D eigenvalue weighted by atomic mass is 10.1. The first-order valence-electron chi connectivity index (χ1n) is 7.69. The molecule has 2 aromatic heterocycles. The van der Waals surface area contributed by atoms with Crippen LogP contribution in [0.15, 0.2) is 42.9 Å². The van der Waals surface area contributed by atoms with Gasteiger partial charge in [0, 0.05) is 44.0 Å². The third-order valence-corrected chi connectivity index (χ3v) is 4.23. The molecule has 118 valence electrons. The second kappa shape index (κ2) is 5.62. The van der Waals surface area contributed by atoms with E-state index in [-0.39, 0.29) is 5.82 Å². The van der Waals surface area contributed by atoms with Gasteiger partial charge in [0.25, 0.3) is 0 Å². The van der Waals surface area contributed by atoms with Crippen LogP contribution in [0, 0.1) is 5.82 Å². The van der Waals surface area contributed by atoms with Crippen LogP contribution in [0.1, 0.15) is 11.4 Å². The molecule has 0 saturated heterocycles. The normalized spacial score (nSPS) is 14.9. The molecule has 1 aromatic carbocycles. The number of benzene rings is 1. The van der Waals surface area contributed by atoms with Crippen molar-refractivity contribution < 1.29 is 4.39 Å². The fourth-order valence-corrected chi connectivity index (χ4v) is 3.14. The summed E-state index contributed by atoms with van der Waals surface area (Å²) in [5.74, 6) is 0.812. The number of nitrogens with zero attached hydrogens (tertiary/aromatic N) is 5. The van der Waals surface area contributed by atoms with Gasteiger partial charge in [0.2, 0.25) is 0 Å². The van der Waals surface area contributed by atoms with Crippen molar-refractivity contribution in [2.45, 2.75) is 19.6 Å². The Morgan fingerprint density at radius 3 is 2.91 bits per heavy atom. The molecule has 4 rings (SSSR count). The molecule has 0 atom stereocenters. The zero-order valence-electron chi connectivity index (χ0n) is 13.0. The van der Waals surface area contributed by atoms with Crippen molar-refractivity contribution in [2.24, 2.45) is 7.05 Å². The highest BCUT2D eigenvalue weighted by Gasteiger charge is 2.21. The van der Waals surface area contributed by atoms with Crippen LogP contribution in [0.2, 0.25) is 0 Å². The summed E-state index contributed by atoms with van der Waals surface area (Å²) < 4.78 is 17.5. The molecule has 0 unspecified atom stereocenters. The van der Waals surface area contributed by atoms with Crippen molar-refractivity contribution in [2.75, 3.05) is 6.54 Å². The summed E-state index contributed by atoms with van der Waals surface area (Å²) in [6, 6.07) is 6.69. The summed E-state index contributed by atoms with van der Waals surface area (Å²) in [7, 11) is 1.93. The van der Waals surface area contributed by atoms with Crippen LogP contribution in [0.3, 0.4) is 0 Å². The van der Waals surface area contributed by atoms with Gasteiger partial charge in [-0.15, -0.1) is 0 Å². The summed E-state index contributed by atoms with van der Waals surface area (Å²) in [5, 5.41) is 4.21. The topological polar surface area (TPSA) is 38.9 Å². The SMILES string of the molecule is Cn1cc(CN2CCn3c(-c4cccc(F)c4)cnc3C2)cn1. The highest BCUT2D eigenvalue weighted by molar-refractivity contribution is 5.59. The van der Waals surface area contributed by atoms with Crippen LogP contribution >= 0.6 is 0 Å². The van der Waals surface area contributed by atoms with Crippen molar-refractivity contribution in [3.63, 3.8) is 0 Å². The average molecular weight is 311 g/mol. The highest BCUT2D eigenvalue weighted by Crippen LogP contribution is 2.25. The highest BCUT2D eigenvalue weighted by atomic mass is 19.1. The Bertz CT molecular complexity index is 835. The minimum absolute atomic E-state index is 0.216. The molecule has 3 heterocycles. The molecular formula is C17H18FN5. The van der Waals surface area contributed by atoms with E-state index in [1.54, 1.807) is 12.1 Å². The Hall–Kier alpha value is -2.47. The van der Waals surface area contributed by atoms with E-state index >= 15 is 0 Å². The van der Waals surface area contributed by atoms with Gasteiger partial charge in [0.1, 0.15) is 11.6 Å². The number of aromatic nitrogens is 4. The summed E-state index contributed by atoms with van der Waals surface area (Å²) in [6.07, 6.45) is 5.79. The summed E-state index contributed by atoms with van der Waals surface area (Å²) >= 11 is 0. The molecule has 0 spiro atoms. The molecule has 5 nitrogen and oxygen atoms in total. The van der Waals surface area contributed by atoms with Gasteiger partial charge in [0.05, 0.1) is 24.6 Å². The average Bonchev–Trinajstić information content (AvgIpc) is 3.13. The number of hydrogen-bond acceptors (Lipinski definition) is 3. The molecule has 0 aliphatic carbocycles. The van der Waals surface area contributed by atoms with Crippen molar-refractivity contribution >= 4 is 0 Å². The molecule has 0 bridgehead atoms. The number of fused-ring (bicyclic) bond motifs is 1. The van der Waals surface area contributed by atoms with Crippen LogP contribution in [-0.2, 0) is 26.7 Å². The van der Waals surface area contributed by atoms with E-state index in [0.29, 0.717) is 0 Å². The first-order valence-corrected chi connectivity index (χ1v) is 7.69. The van der Waals surface area contributed by atoms with Crippen LogP contribution in [0.25, 0.3) is 11.3 Å². The zero-order chi connectivity index (χ0) is 15.8. The van der Waals surface area contributed by atoms with Crippen LogP contribution < -0.4 is 0 Å². The second-order valence-electron chi connectivity index (χ2n) is 5.95. The van der Waals surface area contributed by atoms with E-state index in [0.717, 1.165) is 43.3 Å². The van der Waals surface area contributed by atoms with Gasteiger partial charge in [-0.3, -0.25) is 9.58 Å². The predicted molar refractivity (Wildman–Crippen MR) is 84.9 cm³/mol. The number of halogens is 1. The minimum Gasteiger partial charge on any atom is -0.326 e. The molecule has 3 aromatic rings. The number of rotatable bonds is 3. The van der Waals surface area contributed by atoms with Gasteiger partial charge in [-0.1, -0.05) is 12.1 Å². The maximum absolute atomic E-state index is 13.5. The van der Waals surface area contributed by atoms with Crippen LogP contribution in [0.5, 0.6) is 0 Å². The second-order valence-corrected chi connectivity index (χ2v) is 5.95. The number of imidazole rings is 1. The molecule has 23 heavy (non-hydrogen) atoms. The number of hydrogen-bond donors (Lipinski definition) is 0. The lowest BCUT2D eigenvalue weighted by molar-refractivity contribution is 0.209. The smallest absolute Gasteiger partial charge is 0.123 e. The first kappa shape index (κ1) is 14.1. The summed E-state index contributed by atoms with van der Waals surface area (Å²) in [5.41, 5.74) is 3.07. The lowest BCUT2D eigenvalue weighted by Crippen LogP contribution is -2.33. The molecule has 0 amide bonds. The Kier molecular flexibility index (Phi) is 3.46. The van der Waals surface area contributed by atoms with E-state index in [1.807, 2.05) is 36.4 Å². The van der Waals surface area contributed by atoms with E-state index in [9.17, 15) is 4.39 Å². The molecule has 0 fully saturated rings. The first-order chi connectivity index (χ1) is 11.2. The van der Waals surface area contributed by atoms with Crippen LogP contribution in [-0.4, -0.2) is 30.8 Å². The third kappa shape index (κ3) is 2.77. The molecule has 0 radical (unpaired) electrons. The maximum Gasteiger partial charge on any atom is 0.123 e. The third-order valence-electron chi connectivity index (χ3n) is 4.23. The van der Waals surface area contributed by atoms with Crippen LogP contribution in [0.4, 0.5) is 4.39 Å². The van der Waals surface area contributed by atoms with E-state index < -0.39 is 0 Å². The molecule has 6 heteroatoms. The predicted octanol–water partition coefficient (Wildman–Crippen LogP) is 2.44. The molecule has 1 aliphatic heterocycles. The van der Waals surface area contributed by atoms with E-state index in [4.69, 9.17) is 0 Å². The van der Waals surface area contributed by atoms with Gasteiger partial charge >= 0.3 is 0 Å². The Balaban J connectivity index is 1.55. The van der Waals surface area contributed by atoms with Crippen molar-refractivity contribution in [3.8, 4) is 11.3 Å². The van der Waals surface area contributed by atoms with Gasteiger partial charge in [-0.2, -0.15) is 5.10 Å². The zero-order valence-corrected chi connectivity index (χ0v) is 13.0. The monoisotopic (exact) mass is 311 g/mol. The Labute approximate surface area is 134 Å². The summed E-state index contributed by atoms with van der Waals surface area (Å²) in [6.45, 7) is 3.47. The van der Waals surface area contributed by atoms with Crippen molar-refractivity contribution in [1.82, 2.24) is 24.2 Å². The van der Waals surface area contributed by atoms with Gasteiger partial charge in [-0.25, -0.2) is 9.37 Å². The fourth-order valence-electron chi connectivity index (χ4n) is 3.14. The van der Waals surface area contributed by atoms with Gasteiger partial charge in [-0.05, 0) is 12.1 Å². The molecular weight excluding hydrogens is 293 g/mol. The van der Waals surface area contributed by atoms with Gasteiger partial charge in [0.15, 0.2) is 0 Å². The fraction of sp³-hybridized carbons (Fsp3) is 0.294. The minimum atomic E-state index is -0.216. The molecule has 0 saturated carbocycles. The Morgan fingerprint density at radius 1 is 1.22 bits per heavy atom. The quantitative estimate of drug-likeness (QED) is 0.746. The van der Waals surface area contributed by atoms with Crippen molar-refractivity contribution in [3.05, 3.63) is 60.1 Å². The van der Waals surface area contributed by atoms with E-state index in [2.05, 4.69) is 19.5 Å². The Morgan fingerprint density at radius 2 is 2.13 bits per heavy atom.